The molecule has 2 N–H and O–H groups in total. The largest absolute Gasteiger partial charge is 0.497 e. The van der Waals surface area contributed by atoms with E-state index >= 15 is 0 Å². The fourth-order valence-corrected chi connectivity index (χ4v) is 2.36. The number of rotatable bonds is 7. The molecular formula is C15H23NO3. The molecule has 0 spiro atoms. The Morgan fingerprint density at radius 1 is 1.21 bits per heavy atom. The highest BCUT2D eigenvalue weighted by atomic mass is 16.5. The number of aliphatic hydroxyl groups excluding tert-OH is 1. The van der Waals surface area contributed by atoms with Crippen LogP contribution in [0.5, 0.6) is 11.5 Å². The summed E-state index contributed by atoms with van der Waals surface area (Å²) < 4.78 is 10.6. The van der Waals surface area contributed by atoms with E-state index in [2.05, 4.69) is 5.32 Å². The first-order chi connectivity index (χ1) is 9.28. The highest BCUT2D eigenvalue weighted by molar-refractivity contribution is 5.31. The number of methoxy groups -OCH3 is 1. The molecule has 1 saturated carbocycles. The van der Waals surface area contributed by atoms with Gasteiger partial charge in [-0.1, -0.05) is 12.8 Å². The number of ether oxygens (including phenoxy) is 2. The van der Waals surface area contributed by atoms with Gasteiger partial charge < -0.3 is 19.9 Å². The van der Waals surface area contributed by atoms with E-state index in [1.807, 2.05) is 24.3 Å². The van der Waals surface area contributed by atoms with Crippen LogP contribution in [-0.2, 0) is 0 Å². The molecule has 19 heavy (non-hydrogen) atoms. The Bertz CT molecular complexity index is 360. The molecule has 0 unspecified atom stereocenters. The predicted molar refractivity (Wildman–Crippen MR) is 74.8 cm³/mol. The van der Waals surface area contributed by atoms with Crippen LogP contribution in [0.25, 0.3) is 0 Å². The molecule has 1 atom stereocenters. The zero-order chi connectivity index (χ0) is 13.5. The molecule has 106 valence electrons. The molecule has 0 amide bonds. The second-order valence-corrected chi connectivity index (χ2v) is 5.03. The maximum atomic E-state index is 9.86. The van der Waals surface area contributed by atoms with Crippen LogP contribution in [0.3, 0.4) is 0 Å². The fourth-order valence-electron chi connectivity index (χ4n) is 2.36. The molecule has 1 aliphatic rings. The van der Waals surface area contributed by atoms with Crippen LogP contribution in [0, 0.1) is 0 Å². The molecule has 4 heteroatoms. The molecule has 0 aliphatic heterocycles. The molecule has 0 radical (unpaired) electrons. The number of nitrogens with one attached hydrogen (secondary N) is 1. The highest BCUT2D eigenvalue weighted by Crippen LogP contribution is 2.18. The van der Waals surface area contributed by atoms with Gasteiger partial charge in [0.1, 0.15) is 24.2 Å². The van der Waals surface area contributed by atoms with E-state index in [1.165, 1.54) is 25.7 Å². The number of hydrogen-bond donors (Lipinski definition) is 2. The van der Waals surface area contributed by atoms with E-state index in [4.69, 9.17) is 9.47 Å². The average molecular weight is 265 g/mol. The summed E-state index contributed by atoms with van der Waals surface area (Å²) in [4.78, 5) is 0. The Morgan fingerprint density at radius 2 is 1.84 bits per heavy atom. The summed E-state index contributed by atoms with van der Waals surface area (Å²) in [5.74, 6) is 1.55. The molecule has 4 nitrogen and oxygen atoms in total. The maximum Gasteiger partial charge on any atom is 0.119 e. The van der Waals surface area contributed by atoms with Gasteiger partial charge in [0.25, 0.3) is 0 Å². The van der Waals surface area contributed by atoms with Crippen molar-refractivity contribution < 1.29 is 14.6 Å². The van der Waals surface area contributed by atoms with Crippen molar-refractivity contribution in [1.29, 1.82) is 0 Å². The van der Waals surface area contributed by atoms with Crippen LogP contribution in [0.2, 0.25) is 0 Å². The van der Waals surface area contributed by atoms with Gasteiger partial charge in [-0.15, -0.1) is 0 Å². The number of aliphatic hydroxyl groups is 1. The van der Waals surface area contributed by atoms with Gasteiger partial charge in [-0.25, -0.2) is 0 Å². The van der Waals surface area contributed by atoms with Crippen molar-refractivity contribution in [2.45, 2.75) is 37.8 Å². The molecule has 1 aromatic carbocycles. The van der Waals surface area contributed by atoms with Gasteiger partial charge in [-0.2, -0.15) is 0 Å². The molecule has 0 heterocycles. The van der Waals surface area contributed by atoms with Gasteiger partial charge in [-0.3, -0.25) is 0 Å². The van der Waals surface area contributed by atoms with Crippen LogP contribution < -0.4 is 14.8 Å². The molecular weight excluding hydrogens is 242 g/mol. The summed E-state index contributed by atoms with van der Waals surface area (Å²) in [6, 6.07) is 7.96. The monoisotopic (exact) mass is 265 g/mol. The van der Waals surface area contributed by atoms with Gasteiger partial charge in [0, 0.05) is 12.6 Å². The van der Waals surface area contributed by atoms with Crippen LogP contribution in [0.1, 0.15) is 25.7 Å². The van der Waals surface area contributed by atoms with Gasteiger partial charge in [0.2, 0.25) is 0 Å². The van der Waals surface area contributed by atoms with Gasteiger partial charge >= 0.3 is 0 Å². The zero-order valence-corrected chi connectivity index (χ0v) is 11.5. The summed E-state index contributed by atoms with van der Waals surface area (Å²) in [5.41, 5.74) is 0. The lowest BCUT2D eigenvalue weighted by Crippen LogP contribution is -2.36. The number of hydrogen-bond acceptors (Lipinski definition) is 4. The Labute approximate surface area is 114 Å². The molecule has 0 aromatic heterocycles. The van der Waals surface area contributed by atoms with Crippen molar-refractivity contribution in [3.05, 3.63) is 24.3 Å². The van der Waals surface area contributed by atoms with Gasteiger partial charge in [0.05, 0.1) is 7.11 Å². The quantitative estimate of drug-likeness (QED) is 0.791. The Morgan fingerprint density at radius 3 is 2.47 bits per heavy atom. The molecule has 1 fully saturated rings. The second kappa shape index (κ2) is 7.36. The molecule has 1 aliphatic carbocycles. The second-order valence-electron chi connectivity index (χ2n) is 5.03. The van der Waals surface area contributed by atoms with Crippen molar-refractivity contribution in [2.24, 2.45) is 0 Å². The first kappa shape index (κ1) is 14.2. The lowest BCUT2D eigenvalue weighted by molar-refractivity contribution is 0.104. The van der Waals surface area contributed by atoms with Gasteiger partial charge in [-0.05, 0) is 37.1 Å². The third-order valence-corrected chi connectivity index (χ3v) is 3.50. The Hall–Kier alpha value is -1.26. The van der Waals surface area contributed by atoms with Crippen molar-refractivity contribution in [3.8, 4) is 11.5 Å². The third kappa shape index (κ3) is 4.73. The molecule has 0 saturated heterocycles. The van der Waals surface area contributed by atoms with E-state index < -0.39 is 6.10 Å². The summed E-state index contributed by atoms with van der Waals surface area (Å²) in [6.45, 7) is 0.910. The normalized spacial score (nSPS) is 17.4. The predicted octanol–water partition coefficient (Wildman–Crippen LogP) is 1.97. The lowest BCUT2D eigenvalue weighted by atomic mass is 10.2. The molecule has 2 rings (SSSR count). The van der Waals surface area contributed by atoms with Crippen LogP contribution >= 0.6 is 0 Å². The summed E-state index contributed by atoms with van der Waals surface area (Å²) >= 11 is 0. The first-order valence-corrected chi connectivity index (χ1v) is 6.96. The SMILES string of the molecule is COc1ccc(OC[C@H](O)CNC2CCCC2)cc1. The Kier molecular flexibility index (Phi) is 5.48. The molecule has 1 aromatic rings. The van der Waals surface area contributed by atoms with E-state index in [0.717, 1.165) is 11.5 Å². The summed E-state index contributed by atoms with van der Waals surface area (Å²) in [6.07, 6.45) is 4.59. The third-order valence-electron chi connectivity index (χ3n) is 3.50. The van der Waals surface area contributed by atoms with E-state index in [0.29, 0.717) is 19.2 Å². The van der Waals surface area contributed by atoms with Crippen molar-refractivity contribution in [2.75, 3.05) is 20.3 Å². The van der Waals surface area contributed by atoms with Crippen molar-refractivity contribution in [3.63, 3.8) is 0 Å². The zero-order valence-electron chi connectivity index (χ0n) is 11.5. The maximum absolute atomic E-state index is 9.86. The summed E-state index contributed by atoms with van der Waals surface area (Å²) in [5, 5.41) is 13.2. The highest BCUT2D eigenvalue weighted by Gasteiger charge is 2.15. The topological polar surface area (TPSA) is 50.7 Å². The van der Waals surface area contributed by atoms with Crippen LogP contribution in [-0.4, -0.2) is 37.5 Å². The van der Waals surface area contributed by atoms with Crippen molar-refractivity contribution in [1.82, 2.24) is 5.32 Å². The number of benzene rings is 1. The Balaban J connectivity index is 1.65. The standard InChI is InChI=1S/C15H23NO3/c1-18-14-6-8-15(9-7-14)19-11-13(17)10-16-12-4-2-3-5-12/h6-9,12-13,16-17H,2-5,10-11H2,1H3/t13-/m1/s1. The molecule has 0 bridgehead atoms. The van der Waals surface area contributed by atoms with Crippen molar-refractivity contribution >= 4 is 0 Å². The first-order valence-electron chi connectivity index (χ1n) is 6.96. The minimum Gasteiger partial charge on any atom is -0.497 e. The van der Waals surface area contributed by atoms with Gasteiger partial charge in [0.15, 0.2) is 0 Å². The van der Waals surface area contributed by atoms with Crippen LogP contribution in [0.4, 0.5) is 0 Å². The van der Waals surface area contributed by atoms with E-state index in [-0.39, 0.29) is 0 Å². The minimum absolute atomic E-state index is 0.312. The smallest absolute Gasteiger partial charge is 0.119 e. The van der Waals surface area contributed by atoms with E-state index in [9.17, 15) is 5.11 Å². The summed E-state index contributed by atoms with van der Waals surface area (Å²) in [7, 11) is 1.63. The van der Waals surface area contributed by atoms with E-state index in [1.54, 1.807) is 7.11 Å². The average Bonchev–Trinajstić information content (AvgIpc) is 2.96. The fraction of sp³-hybridized carbons (Fsp3) is 0.600. The lowest BCUT2D eigenvalue weighted by Gasteiger charge is -2.16. The van der Waals surface area contributed by atoms with Crippen LogP contribution in [0.15, 0.2) is 24.3 Å². The minimum atomic E-state index is -0.470.